The molecule has 2 aromatic heterocycles. The van der Waals surface area contributed by atoms with Crippen molar-refractivity contribution in [3.8, 4) is 17.3 Å². The first-order chi connectivity index (χ1) is 16.6. The number of halogens is 1. The Morgan fingerprint density at radius 3 is 2.56 bits per heavy atom. The number of thioether (sulfide) groups is 1. The van der Waals surface area contributed by atoms with E-state index in [1.54, 1.807) is 19.2 Å². The topological polar surface area (TPSA) is 83.0 Å². The molecule has 0 spiro atoms. The van der Waals surface area contributed by atoms with Gasteiger partial charge >= 0.3 is 0 Å². The zero-order valence-corrected chi connectivity index (χ0v) is 19.7. The second kappa shape index (κ2) is 9.70. The molecule has 2 heterocycles. The first-order valence-electron chi connectivity index (χ1n) is 10.5. The van der Waals surface area contributed by atoms with Gasteiger partial charge in [0.25, 0.3) is 16.7 Å². The maximum Gasteiger partial charge on any atom is 0.277 e. The monoisotopic (exact) mass is 490 g/mol. The summed E-state index contributed by atoms with van der Waals surface area (Å²) in [5.74, 6) is 1.52. The highest BCUT2D eigenvalue weighted by atomic mass is 35.5. The number of hydrogen-bond donors (Lipinski definition) is 0. The van der Waals surface area contributed by atoms with Crippen molar-refractivity contribution in [3.63, 3.8) is 0 Å². The SMILES string of the molecule is COc1ccc(Cl)cc1CSc1nnc(-c2nn(Cc3ccccc3)c(=O)c3ccccc23)o1. The van der Waals surface area contributed by atoms with Crippen molar-refractivity contribution in [2.45, 2.75) is 17.5 Å². The normalized spacial score (nSPS) is 11.1. The van der Waals surface area contributed by atoms with Crippen LogP contribution in [0.5, 0.6) is 5.75 Å². The standard InChI is InChI=1S/C25H19ClN4O3S/c1-32-21-12-11-18(26)13-17(21)15-34-25-28-27-23(33-25)22-19-9-5-6-10-20(19)24(31)30(29-22)14-16-7-3-2-4-8-16/h2-13H,14-15H2,1H3. The van der Waals surface area contributed by atoms with Crippen LogP contribution in [-0.2, 0) is 12.3 Å². The lowest BCUT2D eigenvalue weighted by Gasteiger charge is -2.09. The lowest BCUT2D eigenvalue weighted by atomic mass is 10.1. The summed E-state index contributed by atoms with van der Waals surface area (Å²) in [5.41, 5.74) is 2.17. The molecule has 0 saturated carbocycles. The minimum absolute atomic E-state index is 0.176. The van der Waals surface area contributed by atoms with E-state index in [1.807, 2.05) is 60.7 Å². The Morgan fingerprint density at radius 1 is 1.00 bits per heavy atom. The number of hydrogen-bond acceptors (Lipinski definition) is 7. The van der Waals surface area contributed by atoms with E-state index in [0.29, 0.717) is 39.0 Å². The van der Waals surface area contributed by atoms with Gasteiger partial charge in [0, 0.05) is 21.7 Å². The zero-order valence-electron chi connectivity index (χ0n) is 18.1. The number of nitrogens with zero attached hydrogens (tertiary/aromatic N) is 4. The van der Waals surface area contributed by atoms with Crippen molar-refractivity contribution in [2.75, 3.05) is 7.11 Å². The van der Waals surface area contributed by atoms with E-state index in [9.17, 15) is 4.79 Å². The summed E-state index contributed by atoms with van der Waals surface area (Å²) in [6.45, 7) is 0.335. The maximum atomic E-state index is 13.1. The van der Waals surface area contributed by atoms with Gasteiger partial charge in [-0.25, -0.2) is 4.68 Å². The smallest absolute Gasteiger partial charge is 0.277 e. The summed E-state index contributed by atoms with van der Waals surface area (Å²) in [4.78, 5) is 13.1. The number of benzene rings is 3. The van der Waals surface area contributed by atoms with Crippen molar-refractivity contribution in [1.82, 2.24) is 20.0 Å². The molecule has 0 atom stereocenters. The second-order valence-corrected chi connectivity index (χ2v) is 8.82. The van der Waals surface area contributed by atoms with Crippen molar-refractivity contribution in [2.24, 2.45) is 0 Å². The van der Waals surface area contributed by atoms with Crippen LogP contribution in [0.1, 0.15) is 11.1 Å². The summed E-state index contributed by atoms with van der Waals surface area (Å²) >= 11 is 7.50. The predicted octanol–water partition coefficient (Wildman–Crippen LogP) is 5.45. The quantitative estimate of drug-likeness (QED) is 0.280. The van der Waals surface area contributed by atoms with E-state index >= 15 is 0 Å². The molecule has 0 aliphatic heterocycles. The van der Waals surface area contributed by atoms with E-state index in [-0.39, 0.29) is 11.4 Å². The largest absolute Gasteiger partial charge is 0.496 e. The molecule has 5 aromatic rings. The number of fused-ring (bicyclic) bond motifs is 1. The number of rotatable bonds is 7. The van der Waals surface area contributed by atoms with Crippen LogP contribution in [0.2, 0.25) is 5.02 Å². The highest BCUT2D eigenvalue weighted by Crippen LogP contribution is 2.31. The van der Waals surface area contributed by atoms with Gasteiger partial charge in [-0.1, -0.05) is 71.9 Å². The van der Waals surface area contributed by atoms with Gasteiger partial charge in [-0.05, 0) is 29.8 Å². The minimum Gasteiger partial charge on any atom is -0.496 e. The van der Waals surface area contributed by atoms with Crippen molar-refractivity contribution < 1.29 is 9.15 Å². The first-order valence-corrected chi connectivity index (χ1v) is 11.8. The predicted molar refractivity (Wildman–Crippen MR) is 132 cm³/mol. The Bertz CT molecular complexity index is 1520. The van der Waals surface area contributed by atoms with Crippen LogP contribution in [0.15, 0.2) is 87.2 Å². The van der Waals surface area contributed by atoms with Crippen LogP contribution < -0.4 is 10.3 Å². The molecule has 0 amide bonds. The van der Waals surface area contributed by atoms with E-state index in [4.69, 9.17) is 20.8 Å². The fourth-order valence-electron chi connectivity index (χ4n) is 3.62. The lowest BCUT2D eigenvalue weighted by molar-refractivity contribution is 0.411. The van der Waals surface area contributed by atoms with E-state index in [1.165, 1.54) is 16.4 Å². The van der Waals surface area contributed by atoms with Crippen molar-refractivity contribution in [3.05, 3.63) is 99.3 Å². The molecule has 9 heteroatoms. The van der Waals surface area contributed by atoms with Gasteiger partial charge in [0.1, 0.15) is 5.75 Å². The highest BCUT2D eigenvalue weighted by molar-refractivity contribution is 7.98. The summed E-state index contributed by atoms with van der Waals surface area (Å²) in [7, 11) is 1.61. The van der Waals surface area contributed by atoms with Crippen LogP contribution in [0.4, 0.5) is 0 Å². The lowest BCUT2D eigenvalue weighted by Crippen LogP contribution is -2.24. The molecule has 0 radical (unpaired) electrons. The van der Waals surface area contributed by atoms with Gasteiger partial charge in [0.05, 0.1) is 19.0 Å². The summed E-state index contributed by atoms with van der Waals surface area (Å²) < 4.78 is 12.8. The molecule has 0 saturated heterocycles. The van der Waals surface area contributed by atoms with E-state index < -0.39 is 0 Å². The van der Waals surface area contributed by atoms with E-state index in [0.717, 1.165) is 16.9 Å². The average Bonchev–Trinajstić information content (AvgIpc) is 3.34. The van der Waals surface area contributed by atoms with Crippen LogP contribution in [0.3, 0.4) is 0 Å². The van der Waals surface area contributed by atoms with Gasteiger partial charge < -0.3 is 9.15 Å². The summed E-state index contributed by atoms with van der Waals surface area (Å²) in [6, 6.07) is 22.4. The Kier molecular flexibility index (Phi) is 6.33. The third kappa shape index (κ3) is 4.55. The van der Waals surface area contributed by atoms with Gasteiger partial charge in [0.2, 0.25) is 0 Å². The van der Waals surface area contributed by atoms with Gasteiger partial charge in [-0.15, -0.1) is 10.2 Å². The maximum absolute atomic E-state index is 13.1. The molecule has 5 rings (SSSR count). The Labute approximate surface area is 204 Å². The Hall–Kier alpha value is -3.62. The number of methoxy groups -OCH3 is 1. The van der Waals surface area contributed by atoms with Crippen LogP contribution in [-0.4, -0.2) is 27.1 Å². The fraction of sp³-hybridized carbons (Fsp3) is 0.120. The van der Waals surface area contributed by atoms with Crippen LogP contribution in [0, 0.1) is 0 Å². The van der Waals surface area contributed by atoms with Crippen molar-refractivity contribution >= 4 is 34.1 Å². The summed E-state index contributed by atoms with van der Waals surface area (Å²) in [6.07, 6.45) is 0. The molecular weight excluding hydrogens is 472 g/mol. The first kappa shape index (κ1) is 22.2. The van der Waals surface area contributed by atoms with Crippen LogP contribution in [0.25, 0.3) is 22.4 Å². The molecule has 0 unspecified atom stereocenters. The molecule has 0 N–H and O–H groups in total. The summed E-state index contributed by atoms with van der Waals surface area (Å²) in [5, 5.41) is 15.2. The molecule has 0 aliphatic rings. The molecule has 34 heavy (non-hydrogen) atoms. The molecule has 3 aromatic carbocycles. The average molecular weight is 491 g/mol. The van der Waals surface area contributed by atoms with Gasteiger partial charge in [-0.3, -0.25) is 4.79 Å². The highest BCUT2D eigenvalue weighted by Gasteiger charge is 2.18. The third-order valence-corrected chi connectivity index (χ3v) is 6.35. The Morgan fingerprint density at radius 2 is 1.76 bits per heavy atom. The fourth-order valence-corrected chi connectivity index (χ4v) is 4.56. The third-order valence-electron chi connectivity index (χ3n) is 5.25. The number of ether oxygens (including phenoxy) is 1. The van der Waals surface area contributed by atoms with Crippen LogP contribution >= 0.6 is 23.4 Å². The molecule has 0 fully saturated rings. The molecular formula is C25H19ClN4O3S. The van der Waals surface area contributed by atoms with E-state index in [2.05, 4.69) is 15.3 Å². The van der Waals surface area contributed by atoms with Gasteiger partial charge in [-0.2, -0.15) is 5.10 Å². The zero-order chi connectivity index (χ0) is 23.5. The molecule has 7 nitrogen and oxygen atoms in total. The molecule has 0 aliphatic carbocycles. The number of aromatic nitrogens is 4. The molecule has 170 valence electrons. The minimum atomic E-state index is -0.176. The van der Waals surface area contributed by atoms with Gasteiger partial charge in [0.15, 0.2) is 5.69 Å². The Balaban J connectivity index is 1.48. The second-order valence-electron chi connectivity index (χ2n) is 7.46. The molecule has 0 bridgehead atoms. The van der Waals surface area contributed by atoms with Crippen molar-refractivity contribution in [1.29, 1.82) is 0 Å².